The number of amides is 1. The lowest BCUT2D eigenvalue weighted by molar-refractivity contribution is 0.0984. The normalized spacial score (nSPS) is 13.9. The van der Waals surface area contributed by atoms with Crippen LogP contribution in [0.2, 0.25) is 0 Å². The van der Waals surface area contributed by atoms with Crippen molar-refractivity contribution in [1.82, 2.24) is 14.3 Å². The second kappa shape index (κ2) is 9.14. The van der Waals surface area contributed by atoms with Gasteiger partial charge in [0.25, 0.3) is 5.91 Å². The molecular weight excluding hydrogens is 480 g/mol. The Kier molecular flexibility index (Phi) is 6.16. The molecule has 9 heteroatoms. The number of hydrogen-bond acceptors (Lipinski definition) is 6. The Balaban J connectivity index is 1.50. The van der Waals surface area contributed by atoms with Gasteiger partial charge in [-0.15, -0.1) is 0 Å². The SMILES string of the molecule is Cc1ccc2sc(N(Cc3ccccn3)C(=O)c3ccc(S(=O)(=O)N(C)C4CC4)cc3)nc2c1C. The zero-order chi connectivity index (χ0) is 24.7. The molecule has 180 valence electrons. The monoisotopic (exact) mass is 506 g/mol. The van der Waals surface area contributed by atoms with Crippen LogP contribution in [0.1, 0.15) is 40.0 Å². The average Bonchev–Trinajstić information content (AvgIpc) is 3.63. The first-order valence-electron chi connectivity index (χ1n) is 11.4. The van der Waals surface area contributed by atoms with Crippen molar-refractivity contribution in [2.24, 2.45) is 0 Å². The topological polar surface area (TPSA) is 83.5 Å². The number of pyridine rings is 1. The van der Waals surface area contributed by atoms with Crippen LogP contribution in [0.3, 0.4) is 0 Å². The van der Waals surface area contributed by atoms with E-state index in [1.807, 2.05) is 38.1 Å². The van der Waals surface area contributed by atoms with Gasteiger partial charge >= 0.3 is 0 Å². The summed E-state index contributed by atoms with van der Waals surface area (Å²) in [7, 11) is -1.97. The van der Waals surface area contributed by atoms with E-state index in [0.29, 0.717) is 10.7 Å². The molecule has 1 saturated carbocycles. The fourth-order valence-electron chi connectivity index (χ4n) is 3.94. The summed E-state index contributed by atoms with van der Waals surface area (Å²) < 4.78 is 28.2. The zero-order valence-electron chi connectivity index (χ0n) is 19.8. The van der Waals surface area contributed by atoms with E-state index in [1.165, 1.54) is 27.8 Å². The molecule has 7 nitrogen and oxygen atoms in total. The number of rotatable bonds is 7. The summed E-state index contributed by atoms with van der Waals surface area (Å²) in [4.78, 5) is 24.7. The van der Waals surface area contributed by atoms with Crippen molar-refractivity contribution in [2.75, 3.05) is 11.9 Å². The summed E-state index contributed by atoms with van der Waals surface area (Å²) in [6.07, 6.45) is 3.46. The number of thiazole rings is 1. The molecule has 0 saturated heterocycles. The predicted octanol–water partition coefficient (Wildman–Crippen LogP) is 4.94. The third kappa shape index (κ3) is 4.59. The van der Waals surface area contributed by atoms with Crippen LogP contribution in [-0.2, 0) is 16.6 Å². The predicted molar refractivity (Wildman–Crippen MR) is 138 cm³/mol. The lowest BCUT2D eigenvalue weighted by atomic mass is 10.1. The van der Waals surface area contributed by atoms with Crippen LogP contribution in [0.15, 0.2) is 65.7 Å². The van der Waals surface area contributed by atoms with Crippen LogP contribution in [0.5, 0.6) is 0 Å². The molecule has 0 atom stereocenters. The Morgan fingerprint density at radius 3 is 2.46 bits per heavy atom. The maximum Gasteiger partial charge on any atom is 0.260 e. The van der Waals surface area contributed by atoms with E-state index < -0.39 is 10.0 Å². The van der Waals surface area contributed by atoms with E-state index >= 15 is 0 Å². The van der Waals surface area contributed by atoms with Crippen LogP contribution in [-0.4, -0.2) is 41.7 Å². The summed E-state index contributed by atoms with van der Waals surface area (Å²) in [6, 6.07) is 15.9. The standard InChI is InChI=1S/C26H26N4O3S2/c1-17-7-14-23-24(18(17)2)28-26(34-23)30(16-20-6-4-5-15-27-20)25(31)19-8-12-22(13-9-19)35(32,33)29(3)21-10-11-21/h4-9,12-15,21H,10-11,16H2,1-3H3. The molecule has 0 N–H and O–H groups in total. The number of carbonyl (C=O) groups excluding carboxylic acids is 1. The summed E-state index contributed by atoms with van der Waals surface area (Å²) in [5.41, 5.74) is 4.24. The second-order valence-corrected chi connectivity index (χ2v) is 11.8. The molecule has 1 aliphatic rings. The molecule has 4 aromatic rings. The molecule has 2 heterocycles. The van der Waals surface area contributed by atoms with Crippen LogP contribution >= 0.6 is 11.3 Å². The van der Waals surface area contributed by atoms with Gasteiger partial charge in [0.05, 0.1) is 27.4 Å². The fraction of sp³-hybridized carbons (Fsp3) is 0.269. The minimum absolute atomic E-state index is 0.0706. The maximum absolute atomic E-state index is 13.7. The smallest absolute Gasteiger partial charge is 0.260 e. The van der Waals surface area contributed by atoms with E-state index in [9.17, 15) is 13.2 Å². The molecular formula is C26H26N4O3S2. The highest BCUT2D eigenvalue weighted by Crippen LogP contribution is 2.34. The summed E-state index contributed by atoms with van der Waals surface area (Å²) in [5.74, 6) is -0.261. The first-order valence-corrected chi connectivity index (χ1v) is 13.7. The molecule has 35 heavy (non-hydrogen) atoms. The van der Waals surface area contributed by atoms with Crippen molar-refractivity contribution < 1.29 is 13.2 Å². The van der Waals surface area contributed by atoms with Crippen molar-refractivity contribution in [3.05, 3.63) is 83.2 Å². The van der Waals surface area contributed by atoms with Crippen molar-refractivity contribution in [3.63, 3.8) is 0 Å². The van der Waals surface area contributed by atoms with Crippen LogP contribution < -0.4 is 4.90 Å². The van der Waals surface area contributed by atoms with Gasteiger partial charge in [0, 0.05) is 24.8 Å². The number of anilines is 1. The number of fused-ring (bicyclic) bond motifs is 1. The number of hydrogen-bond donors (Lipinski definition) is 0. The molecule has 1 amide bonds. The Morgan fingerprint density at radius 2 is 1.80 bits per heavy atom. The Labute approximate surface area is 209 Å². The second-order valence-electron chi connectivity index (χ2n) is 8.84. The van der Waals surface area contributed by atoms with Gasteiger partial charge in [-0.05, 0) is 80.3 Å². The van der Waals surface area contributed by atoms with Crippen molar-refractivity contribution in [2.45, 2.75) is 44.2 Å². The first-order chi connectivity index (χ1) is 16.8. The molecule has 1 fully saturated rings. The Hall–Kier alpha value is -3.14. The quantitative estimate of drug-likeness (QED) is 0.355. The van der Waals surface area contributed by atoms with E-state index in [4.69, 9.17) is 4.98 Å². The lowest BCUT2D eigenvalue weighted by Gasteiger charge is -2.20. The van der Waals surface area contributed by atoms with Gasteiger partial charge in [-0.2, -0.15) is 4.31 Å². The third-order valence-electron chi connectivity index (χ3n) is 6.44. The molecule has 1 aliphatic carbocycles. The van der Waals surface area contributed by atoms with Gasteiger partial charge in [0.2, 0.25) is 10.0 Å². The van der Waals surface area contributed by atoms with E-state index in [-0.39, 0.29) is 23.4 Å². The number of carbonyl (C=O) groups is 1. The van der Waals surface area contributed by atoms with Gasteiger partial charge in [0.1, 0.15) is 0 Å². The molecule has 0 spiro atoms. The van der Waals surface area contributed by atoms with Crippen LogP contribution in [0, 0.1) is 13.8 Å². The zero-order valence-corrected chi connectivity index (χ0v) is 21.4. The minimum Gasteiger partial charge on any atom is -0.278 e. The number of sulfonamides is 1. The average molecular weight is 507 g/mol. The minimum atomic E-state index is -3.58. The molecule has 0 bridgehead atoms. The van der Waals surface area contributed by atoms with Gasteiger partial charge in [-0.25, -0.2) is 13.4 Å². The molecule has 0 aliphatic heterocycles. The number of aryl methyl sites for hydroxylation is 2. The molecule has 0 radical (unpaired) electrons. The molecule has 2 aromatic carbocycles. The van der Waals surface area contributed by atoms with Gasteiger partial charge < -0.3 is 0 Å². The first kappa shape index (κ1) is 23.6. The largest absolute Gasteiger partial charge is 0.278 e. The number of nitrogens with zero attached hydrogens (tertiary/aromatic N) is 4. The highest BCUT2D eigenvalue weighted by molar-refractivity contribution is 7.89. The summed E-state index contributed by atoms with van der Waals surface area (Å²) in [5, 5.41) is 0.578. The molecule has 5 rings (SSSR count). The van der Waals surface area contributed by atoms with Crippen LogP contribution in [0.25, 0.3) is 10.2 Å². The highest BCUT2D eigenvalue weighted by Gasteiger charge is 2.35. The van der Waals surface area contributed by atoms with Crippen molar-refractivity contribution in [1.29, 1.82) is 0 Å². The number of aromatic nitrogens is 2. The summed E-state index contributed by atoms with van der Waals surface area (Å²) in [6.45, 7) is 4.33. The molecule has 0 unspecified atom stereocenters. The summed E-state index contributed by atoms with van der Waals surface area (Å²) >= 11 is 1.46. The van der Waals surface area contributed by atoms with Crippen LogP contribution in [0.4, 0.5) is 5.13 Å². The van der Waals surface area contributed by atoms with Gasteiger partial charge in [-0.3, -0.25) is 14.7 Å². The van der Waals surface area contributed by atoms with Gasteiger partial charge in [-0.1, -0.05) is 23.5 Å². The van der Waals surface area contributed by atoms with Gasteiger partial charge in [0.15, 0.2) is 5.13 Å². The fourth-order valence-corrected chi connectivity index (χ4v) is 6.37. The Morgan fingerprint density at radius 1 is 1.06 bits per heavy atom. The Bertz CT molecular complexity index is 1500. The maximum atomic E-state index is 13.7. The molecule has 2 aromatic heterocycles. The number of benzene rings is 2. The lowest BCUT2D eigenvalue weighted by Crippen LogP contribution is -2.31. The third-order valence-corrected chi connectivity index (χ3v) is 9.40. The van der Waals surface area contributed by atoms with E-state index in [1.54, 1.807) is 30.3 Å². The highest BCUT2D eigenvalue weighted by atomic mass is 32.2. The van der Waals surface area contributed by atoms with Crippen molar-refractivity contribution in [3.8, 4) is 0 Å². The van der Waals surface area contributed by atoms with E-state index in [0.717, 1.165) is 39.9 Å². The van der Waals surface area contributed by atoms with Crippen molar-refractivity contribution >= 4 is 42.6 Å². The van der Waals surface area contributed by atoms with E-state index in [2.05, 4.69) is 11.1 Å².